The van der Waals surface area contributed by atoms with Gasteiger partial charge in [-0.05, 0) is 65.3 Å². The molecule has 3 aromatic rings. The molecule has 0 saturated carbocycles. The molecule has 0 aliphatic heterocycles. The molecular weight excluding hydrogens is 396 g/mol. The van der Waals surface area contributed by atoms with E-state index in [1.165, 1.54) is 0 Å². The van der Waals surface area contributed by atoms with Crippen LogP contribution in [-0.2, 0) is 7.05 Å². The van der Waals surface area contributed by atoms with E-state index < -0.39 is 0 Å². The fraction of sp³-hybridized carbons (Fsp3) is 0.105. The van der Waals surface area contributed by atoms with Crippen molar-refractivity contribution in [3.05, 3.63) is 76.2 Å². The van der Waals surface area contributed by atoms with E-state index in [1.54, 1.807) is 48.7 Å². The van der Waals surface area contributed by atoms with Crippen LogP contribution < -0.4 is 10.6 Å². The Morgan fingerprint density at radius 3 is 2.50 bits per heavy atom. The van der Waals surface area contributed by atoms with Crippen molar-refractivity contribution >= 4 is 39.2 Å². The first-order chi connectivity index (χ1) is 12.4. The number of nitrogens with one attached hydrogen (secondary N) is 2. The van der Waals surface area contributed by atoms with Crippen LogP contribution in [0.25, 0.3) is 0 Å². The summed E-state index contributed by atoms with van der Waals surface area (Å²) >= 11 is 3.30. The first-order valence-corrected chi connectivity index (χ1v) is 8.70. The zero-order valence-corrected chi connectivity index (χ0v) is 15.9. The van der Waals surface area contributed by atoms with E-state index in [4.69, 9.17) is 0 Å². The maximum absolute atomic E-state index is 12.4. The van der Waals surface area contributed by atoms with Crippen LogP contribution in [0.1, 0.15) is 26.5 Å². The molecule has 0 unspecified atom stereocenters. The van der Waals surface area contributed by atoms with Crippen LogP contribution in [0.3, 0.4) is 0 Å². The normalized spacial score (nSPS) is 10.4. The molecule has 0 aliphatic rings. The van der Waals surface area contributed by atoms with Gasteiger partial charge in [-0.15, -0.1) is 0 Å². The van der Waals surface area contributed by atoms with E-state index in [0.29, 0.717) is 22.8 Å². The van der Waals surface area contributed by atoms with Crippen molar-refractivity contribution in [1.82, 2.24) is 9.55 Å². The Labute approximate surface area is 159 Å². The van der Waals surface area contributed by atoms with E-state index in [2.05, 4.69) is 31.5 Å². The Morgan fingerprint density at radius 2 is 1.85 bits per heavy atom. The number of hydrogen-bond donors (Lipinski definition) is 2. The van der Waals surface area contributed by atoms with Crippen molar-refractivity contribution in [3.8, 4) is 0 Å². The molecule has 0 radical (unpaired) electrons. The van der Waals surface area contributed by atoms with Crippen molar-refractivity contribution in [2.45, 2.75) is 6.92 Å². The van der Waals surface area contributed by atoms with Gasteiger partial charge in [-0.25, -0.2) is 4.98 Å². The number of nitrogens with zero attached hydrogens (tertiary/aromatic N) is 2. The summed E-state index contributed by atoms with van der Waals surface area (Å²) in [5.41, 5.74) is 2.52. The van der Waals surface area contributed by atoms with E-state index in [-0.39, 0.29) is 11.8 Å². The summed E-state index contributed by atoms with van der Waals surface area (Å²) in [5.74, 6) is -0.0784. The van der Waals surface area contributed by atoms with Gasteiger partial charge in [-0.3, -0.25) is 9.59 Å². The van der Waals surface area contributed by atoms with Crippen LogP contribution in [0.15, 0.2) is 59.2 Å². The number of pyridine rings is 1. The average molecular weight is 413 g/mol. The third kappa shape index (κ3) is 4.00. The smallest absolute Gasteiger partial charge is 0.272 e. The maximum atomic E-state index is 12.4. The Hall–Kier alpha value is -2.93. The minimum Gasteiger partial charge on any atom is -0.344 e. The van der Waals surface area contributed by atoms with Crippen molar-refractivity contribution < 1.29 is 9.59 Å². The molecule has 26 heavy (non-hydrogen) atoms. The van der Waals surface area contributed by atoms with Gasteiger partial charge in [0, 0.05) is 34.7 Å². The van der Waals surface area contributed by atoms with Gasteiger partial charge in [0.05, 0.1) is 0 Å². The molecule has 132 valence electrons. The summed E-state index contributed by atoms with van der Waals surface area (Å²) in [6, 6.07) is 13.9. The molecule has 0 aliphatic carbocycles. The Kier molecular flexibility index (Phi) is 5.18. The first kappa shape index (κ1) is 17.9. The van der Waals surface area contributed by atoms with Crippen LogP contribution in [-0.4, -0.2) is 21.4 Å². The molecule has 0 atom stereocenters. The molecule has 2 aromatic heterocycles. The highest BCUT2D eigenvalue weighted by molar-refractivity contribution is 9.10. The highest BCUT2D eigenvalue weighted by Crippen LogP contribution is 2.16. The summed E-state index contributed by atoms with van der Waals surface area (Å²) in [4.78, 5) is 28.9. The Morgan fingerprint density at radius 1 is 1.04 bits per heavy atom. The zero-order chi connectivity index (χ0) is 18.7. The van der Waals surface area contributed by atoms with Crippen molar-refractivity contribution in [3.63, 3.8) is 0 Å². The number of benzene rings is 1. The second-order valence-corrected chi connectivity index (χ2v) is 6.69. The van der Waals surface area contributed by atoms with Crippen molar-refractivity contribution in [2.75, 3.05) is 10.6 Å². The molecule has 2 amide bonds. The topological polar surface area (TPSA) is 76.0 Å². The molecule has 0 fully saturated rings. The SMILES string of the molecule is Cc1ccc(C(=O)Nc2cccc(C(=O)Nc3ccc(Br)cn3)c2)n1C. The lowest BCUT2D eigenvalue weighted by Gasteiger charge is -2.09. The number of amides is 2. The number of aryl methyl sites for hydroxylation is 1. The highest BCUT2D eigenvalue weighted by Gasteiger charge is 2.13. The third-order valence-electron chi connectivity index (χ3n) is 3.96. The van der Waals surface area contributed by atoms with E-state index in [0.717, 1.165) is 10.2 Å². The minimum absolute atomic E-state index is 0.229. The minimum atomic E-state index is -0.300. The van der Waals surface area contributed by atoms with Gasteiger partial charge >= 0.3 is 0 Å². The molecule has 3 rings (SSSR count). The highest BCUT2D eigenvalue weighted by atomic mass is 79.9. The largest absolute Gasteiger partial charge is 0.344 e. The third-order valence-corrected chi connectivity index (χ3v) is 4.43. The maximum Gasteiger partial charge on any atom is 0.272 e. The number of carbonyl (C=O) groups is 2. The van der Waals surface area contributed by atoms with Crippen LogP contribution in [0, 0.1) is 6.92 Å². The fourth-order valence-corrected chi connectivity index (χ4v) is 2.65. The number of rotatable bonds is 4. The number of aromatic nitrogens is 2. The summed E-state index contributed by atoms with van der Waals surface area (Å²) in [5, 5.41) is 5.54. The number of anilines is 2. The van der Waals surface area contributed by atoms with E-state index in [1.807, 2.05) is 24.6 Å². The summed E-state index contributed by atoms with van der Waals surface area (Å²) < 4.78 is 2.64. The average Bonchev–Trinajstić information content (AvgIpc) is 2.96. The van der Waals surface area contributed by atoms with Crippen molar-refractivity contribution in [1.29, 1.82) is 0 Å². The first-order valence-electron chi connectivity index (χ1n) is 7.90. The molecule has 2 N–H and O–H groups in total. The second-order valence-electron chi connectivity index (χ2n) is 5.77. The number of hydrogen-bond acceptors (Lipinski definition) is 3. The Balaban J connectivity index is 1.73. The van der Waals surface area contributed by atoms with Gasteiger partial charge in [0.25, 0.3) is 11.8 Å². The van der Waals surface area contributed by atoms with E-state index >= 15 is 0 Å². The summed E-state index contributed by atoms with van der Waals surface area (Å²) in [6.07, 6.45) is 1.61. The quantitative estimate of drug-likeness (QED) is 0.679. The Bertz CT molecular complexity index is 964. The lowest BCUT2D eigenvalue weighted by Crippen LogP contribution is -2.17. The van der Waals surface area contributed by atoms with Gasteiger partial charge in [0.1, 0.15) is 11.5 Å². The summed E-state index contributed by atoms with van der Waals surface area (Å²) in [7, 11) is 1.83. The lowest BCUT2D eigenvalue weighted by molar-refractivity contribution is 0.101. The van der Waals surface area contributed by atoms with E-state index in [9.17, 15) is 9.59 Å². The van der Waals surface area contributed by atoms with Crippen LogP contribution in [0.5, 0.6) is 0 Å². The summed E-state index contributed by atoms with van der Waals surface area (Å²) in [6.45, 7) is 1.93. The number of carbonyl (C=O) groups excluding carboxylic acids is 2. The fourth-order valence-electron chi connectivity index (χ4n) is 2.41. The molecule has 0 spiro atoms. The van der Waals surface area contributed by atoms with Crippen LogP contribution in [0.2, 0.25) is 0 Å². The molecule has 6 nitrogen and oxygen atoms in total. The molecule has 7 heteroatoms. The zero-order valence-electron chi connectivity index (χ0n) is 14.3. The predicted octanol–water partition coefficient (Wildman–Crippen LogP) is 4.00. The molecule has 2 heterocycles. The molecule has 1 aromatic carbocycles. The van der Waals surface area contributed by atoms with Gasteiger partial charge in [-0.2, -0.15) is 0 Å². The van der Waals surface area contributed by atoms with Crippen molar-refractivity contribution in [2.24, 2.45) is 7.05 Å². The van der Waals surface area contributed by atoms with Crippen LogP contribution >= 0.6 is 15.9 Å². The van der Waals surface area contributed by atoms with Crippen LogP contribution in [0.4, 0.5) is 11.5 Å². The predicted molar refractivity (Wildman–Crippen MR) is 104 cm³/mol. The molecular formula is C19H17BrN4O2. The standard InChI is InChI=1S/C19H17BrN4O2/c1-12-6-8-16(24(12)2)19(26)22-15-5-3-4-13(10-15)18(25)23-17-9-7-14(20)11-21-17/h3-11H,1-2H3,(H,22,26)(H,21,23,25). The lowest BCUT2D eigenvalue weighted by atomic mass is 10.2. The number of halogens is 1. The molecule has 0 saturated heterocycles. The van der Waals surface area contributed by atoms with Gasteiger partial charge in [0.2, 0.25) is 0 Å². The second kappa shape index (κ2) is 7.53. The molecule has 0 bridgehead atoms. The monoisotopic (exact) mass is 412 g/mol. The van der Waals surface area contributed by atoms with Gasteiger partial charge in [0.15, 0.2) is 0 Å². The van der Waals surface area contributed by atoms with Gasteiger partial charge < -0.3 is 15.2 Å². The van der Waals surface area contributed by atoms with Gasteiger partial charge in [-0.1, -0.05) is 6.07 Å².